The van der Waals surface area contributed by atoms with Gasteiger partial charge in [-0.15, -0.1) is 0 Å². The molecule has 25 heavy (non-hydrogen) atoms. The van der Waals surface area contributed by atoms with Crippen LogP contribution in [0.3, 0.4) is 0 Å². The molecular formula is C17H25N3O4S. The van der Waals surface area contributed by atoms with E-state index in [2.05, 4.69) is 10.6 Å². The summed E-state index contributed by atoms with van der Waals surface area (Å²) in [5.41, 5.74) is 1.05. The minimum absolute atomic E-state index is 0.0554. The molecule has 1 aromatic rings. The molecule has 0 radical (unpaired) electrons. The third kappa shape index (κ3) is 4.50. The average molecular weight is 367 g/mol. The molecule has 138 valence electrons. The number of nitrogens with zero attached hydrogens (tertiary/aromatic N) is 1. The zero-order chi connectivity index (χ0) is 17.9. The second kappa shape index (κ2) is 7.72. The molecule has 0 aliphatic carbocycles. The predicted molar refractivity (Wildman–Crippen MR) is 95.5 cm³/mol. The van der Waals surface area contributed by atoms with Crippen molar-refractivity contribution in [3.63, 3.8) is 0 Å². The fraction of sp³-hybridized carbons (Fsp3) is 0.588. The van der Waals surface area contributed by atoms with E-state index < -0.39 is 9.84 Å². The molecule has 0 saturated carbocycles. The van der Waals surface area contributed by atoms with Crippen LogP contribution >= 0.6 is 0 Å². The van der Waals surface area contributed by atoms with Crippen LogP contribution < -0.4 is 15.4 Å². The molecule has 1 aromatic carbocycles. The molecule has 7 nitrogen and oxygen atoms in total. The molecule has 2 fully saturated rings. The van der Waals surface area contributed by atoms with Crippen LogP contribution in [0.4, 0.5) is 0 Å². The summed E-state index contributed by atoms with van der Waals surface area (Å²) in [7, 11) is -1.38. The van der Waals surface area contributed by atoms with Crippen LogP contribution in [-0.2, 0) is 21.1 Å². The van der Waals surface area contributed by atoms with Crippen LogP contribution in [0.25, 0.3) is 0 Å². The molecule has 2 heterocycles. The van der Waals surface area contributed by atoms with Gasteiger partial charge in [0.1, 0.15) is 5.75 Å². The summed E-state index contributed by atoms with van der Waals surface area (Å²) in [6, 6.07) is 7.59. The van der Waals surface area contributed by atoms with Gasteiger partial charge in [-0.1, -0.05) is 18.2 Å². The highest BCUT2D eigenvalue weighted by molar-refractivity contribution is 7.91. The van der Waals surface area contributed by atoms with Gasteiger partial charge in [0.15, 0.2) is 9.84 Å². The van der Waals surface area contributed by atoms with Crippen molar-refractivity contribution in [3.05, 3.63) is 29.8 Å². The maximum Gasteiger partial charge on any atom is 0.234 e. The summed E-state index contributed by atoms with van der Waals surface area (Å²) in [5, 5.41) is 6.18. The second-order valence-electron chi connectivity index (χ2n) is 6.59. The molecule has 2 atom stereocenters. The van der Waals surface area contributed by atoms with Gasteiger partial charge in [-0.25, -0.2) is 8.42 Å². The highest BCUT2D eigenvalue weighted by Gasteiger charge is 2.43. The molecule has 3 rings (SSSR count). The fourth-order valence-electron chi connectivity index (χ4n) is 3.63. The van der Waals surface area contributed by atoms with Crippen molar-refractivity contribution in [3.8, 4) is 5.75 Å². The van der Waals surface area contributed by atoms with Crippen molar-refractivity contribution in [1.82, 2.24) is 15.5 Å². The van der Waals surface area contributed by atoms with E-state index in [0.717, 1.165) is 11.3 Å². The maximum atomic E-state index is 12.3. The van der Waals surface area contributed by atoms with Crippen molar-refractivity contribution in [2.75, 3.05) is 44.8 Å². The summed E-state index contributed by atoms with van der Waals surface area (Å²) in [4.78, 5) is 14.2. The SMILES string of the molecule is COc1ccccc1CCNC(=O)CN1CCN[C@H]2CS(=O)(=O)C[C@H]21. The largest absolute Gasteiger partial charge is 0.496 e. The van der Waals surface area contributed by atoms with Gasteiger partial charge >= 0.3 is 0 Å². The van der Waals surface area contributed by atoms with E-state index in [9.17, 15) is 13.2 Å². The zero-order valence-electron chi connectivity index (χ0n) is 14.4. The molecule has 8 heteroatoms. The van der Waals surface area contributed by atoms with Gasteiger partial charge in [0, 0.05) is 31.7 Å². The van der Waals surface area contributed by atoms with Gasteiger partial charge in [0.25, 0.3) is 0 Å². The number of sulfone groups is 1. The van der Waals surface area contributed by atoms with Gasteiger partial charge < -0.3 is 15.4 Å². The molecule has 0 bridgehead atoms. The van der Waals surface area contributed by atoms with Crippen LogP contribution in [0, 0.1) is 0 Å². The van der Waals surface area contributed by atoms with Gasteiger partial charge in [-0.3, -0.25) is 9.69 Å². The number of fused-ring (bicyclic) bond motifs is 1. The standard InChI is InChI=1S/C17H25N3O4S/c1-24-16-5-3-2-4-13(16)6-7-19-17(21)10-20-9-8-18-14-11-25(22,23)12-15(14)20/h2-5,14-15,18H,6-12H2,1H3,(H,19,21)/t14-,15+/m0/s1. The Labute approximate surface area is 148 Å². The lowest BCUT2D eigenvalue weighted by Gasteiger charge is -2.36. The Morgan fingerprint density at radius 3 is 2.96 bits per heavy atom. The van der Waals surface area contributed by atoms with E-state index >= 15 is 0 Å². The summed E-state index contributed by atoms with van der Waals surface area (Å²) in [5.74, 6) is 1.06. The maximum absolute atomic E-state index is 12.3. The summed E-state index contributed by atoms with van der Waals surface area (Å²) >= 11 is 0. The number of rotatable bonds is 6. The topological polar surface area (TPSA) is 87.7 Å². The van der Waals surface area contributed by atoms with Crippen molar-refractivity contribution in [2.45, 2.75) is 18.5 Å². The van der Waals surface area contributed by atoms with E-state index in [1.54, 1.807) is 7.11 Å². The van der Waals surface area contributed by atoms with Crippen molar-refractivity contribution in [2.24, 2.45) is 0 Å². The molecule has 0 spiro atoms. The van der Waals surface area contributed by atoms with Gasteiger partial charge in [0.2, 0.25) is 5.91 Å². The first-order chi connectivity index (χ1) is 12.0. The number of amides is 1. The second-order valence-corrected chi connectivity index (χ2v) is 8.74. The Kier molecular flexibility index (Phi) is 5.61. The number of benzene rings is 1. The Morgan fingerprint density at radius 2 is 2.16 bits per heavy atom. The average Bonchev–Trinajstić information content (AvgIpc) is 2.90. The Hall–Kier alpha value is -1.64. The van der Waals surface area contributed by atoms with Crippen LogP contribution in [0.5, 0.6) is 5.75 Å². The van der Waals surface area contributed by atoms with E-state index in [1.807, 2.05) is 29.2 Å². The third-order valence-corrected chi connectivity index (χ3v) is 6.57. The number of hydrogen-bond acceptors (Lipinski definition) is 6. The van der Waals surface area contributed by atoms with Crippen molar-refractivity contribution >= 4 is 15.7 Å². The number of piperazine rings is 1. The summed E-state index contributed by atoms with van der Waals surface area (Å²) < 4.78 is 29.0. The number of carbonyl (C=O) groups is 1. The Balaban J connectivity index is 1.49. The Morgan fingerprint density at radius 1 is 1.36 bits per heavy atom. The smallest absolute Gasteiger partial charge is 0.234 e. The van der Waals surface area contributed by atoms with Crippen LogP contribution in [0.1, 0.15) is 5.56 Å². The van der Waals surface area contributed by atoms with E-state index in [1.165, 1.54) is 0 Å². The van der Waals surface area contributed by atoms with E-state index in [-0.39, 0.29) is 36.0 Å². The lowest BCUT2D eigenvalue weighted by molar-refractivity contribution is -0.123. The van der Waals surface area contributed by atoms with Crippen LogP contribution in [-0.4, -0.2) is 76.1 Å². The predicted octanol–water partition coefficient (Wildman–Crippen LogP) is -0.575. The molecule has 2 aliphatic heterocycles. The summed E-state index contributed by atoms with van der Waals surface area (Å²) in [6.45, 7) is 2.17. The van der Waals surface area contributed by atoms with Crippen molar-refractivity contribution < 1.29 is 17.9 Å². The first-order valence-electron chi connectivity index (χ1n) is 8.55. The van der Waals surface area contributed by atoms with E-state index in [4.69, 9.17) is 4.74 Å². The minimum Gasteiger partial charge on any atom is -0.496 e. The van der Waals surface area contributed by atoms with Crippen molar-refractivity contribution in [1.29, 1.82) is 0 Å². The molecule has 0 aromatic heterocycles. The number of carbonyl (C=O) groups excluding carboxylic acids is 1. The molecular weight excluding hydrogens is 342 g/mol. The van der Waals surface area contributed by atoms with Gasteiger partial charge in [0.05, 0.1) is 25.2 Å². The molecule has 2 saturated heterocycles. The normalized spacial score (nSPS) is 25.3. The number of nitrogens with one attached hydrogen (secondary N) is 2. The lowest BCUT2D eigenvalue weighted by Crippen LogP contribution is -2.59. The van der Waals surface area contributed by atoms with E-state index in [0.29, 0.717) is 26.1 Å². The summed E-state index contributed by atoms with van der Waals surface area (Å²) in [6.07, 6.45) is 0.692. The van der Waals surface area contributed by atoms with Crippen LogP contribution in [0.2, 0.25) is 0 Å². The molecule has 1 amide bonds. The zero-order valence-corrected chi connectivity index (χ0v) is 15.2. The first-order valence-corrected chi connectivity index (χ1v) is 10.4. The molecule has 2 aliphatic rings. The molecule has 2 N–H and O–H groups in total. The van der Waals surface area contributed by atoms with Gasteiger partial charge in [-0.05, 0) is 18.1 Å². The quantitative estimate of drug-likeness (QED) is 0.700. The number of ether oxygens (including phenoxy) is 1. The highest BCUT2D eigenvalue weighted by atomic mass is 32.2. The monoisotopic (exact) mass is 367 g/mol. The third-order valence-electron chi connectivity index (χ3n) is 4.85. The fourth-order valence-corrected chi connectivity index (χ4v) is 5.61. The number of hydrogen-bond donors (Lipinski definition) is 2. The lowest BCUT2D eigenvalue weighted by atomic mass is 10.1. The minimum atomic E-state index is -3.01. The molecule has 0 unspecified atom stereocenters. The Bertz CT molecular complexity index is 722. The van der Waals surface area contributed by atoms with Crippen LogP contribution in [0.15, 0.2) is 24.3 Å². The first kappa shape index (κ1) is 18.2. The number of para-hydroxylation sites is 1. The highest BCUT2D eigenvalue weighted by Crippen LogP contribution is 2.21. The number of methoxy groups -OCH3 is 1. The van der Waals surface area contributed by atoms with Gasteiger partial charge in [-0.2, -0.15) is 0 Å².